The number of halogens is 1. The van der Waals surface area contributed by atoms with Crippen LogP contribution in [0.15, 0.2) is 24.3 Å². The topological polar surface area (TPSA) is 119 Å². The highest BCUT2D eigenvalue weighted by Crippen LogP contribution is 2.36. The minimum atomic E-state index is -3.32. The summed E-state index contributed by atoms with van der Waals surface area (Å²) in [5.74, 6) is -0.192. The molecule has 0 aromatic heterocycles. The van der Waals surface area contributed by atoms with Gasteiger partial charge in [0.15, 0.2) is 0 Å². The summed E-state index contributed by atoms with van der Waals surface area (Å²) in [4.78, 5) is 31.2. The lowest BCUT2D eigenvalue weighted by Crippen LogP contribution is -2.75. The highest BCUT2D eigenvalue weighted by molar-refractivity contribution is 7.92. The Morgan fingerprint density at radius 2 is 1.76 bits per heavy atom. The fourth-order valence-corrected chi connectivity index (χ4v) is 6.57. The monoisotopic (exact) mass is 556 g/mol. The molecular formula is C26H41ClN4O5S. The van der Waals surface area contributed by atoms with E-state index < -0.39 is 27.7 Å². The van der Waals surface area contributed by atoms with E-state index in [0.29, 0.717) is 44.7 Å². The third-order valence-corrected chi connectivity index (χ3v) is 8.67. The van der Waals surface area contributed by atoms with Crippen molar-refractivity contribution < 1.29 is 23.1 Å². The van der Waals surface area contributed by atoms with Crippen molar-refractivity contribution in [2.75, 3.05) is 30.6 Å². The van der Waals surface area contributed by atoms with E-state index in [0.717, 1.165) is 50.3 Å². The average Bonchev–Trinajstić information content (AvgIpc) is 3.38. The van der Waals surface area contributed by atoms with E-state index in [4.69, 9.17) is 0 Å². The van der Waals surface area contributed by atoms with Crippen molar-refractivity contribution in [3.05, 3.63) is 29.8 Å². The smallest absolute Gasteiger partial charge is 0.248 e. The molecule has 2 atom stereocenters. The van der Waals surface area contributed by atoms with Gasteiger partial charge in [-0.1, -0.05) is 38.3 Å². The minimum Gasteiger partial charge on any atom is -0.390 e. The normalized spacial score (nSPS) is 23.5. The highest BCUT2D eigenvalue weighted by atomic mass is 35.5. The molecular weight excluding hydrogens is 516 g/mol. The van der Waals surface area contributed by atoms with Crippen molar-refractivity contribution in [3.8, 4) is 0 Å². The van der Waals surface area contributed by atoms with Gasteiger partial charge in [0, 0.05) is 31.9 Å². The molecule has 1 aromatic carbocycles. The SMILES string of the molecule is CCCCN1C(=O)[C@@H]([C@H](O)C2CCCC2)NC(=O)C12CCN(Cc1ccc(NS(C)(=O)=O)cc1)CC2.Cl. The van der Waals surface area contributed by atoms with Gasteiger partial charge < -0.3 is 15.3 Å². The van der Waals surface area contributed by atoms with Crippen LogP contribution in [-0.4, -0.2) is 78.7 Å². The molecule has 1 spiro atoms. The van der Waals surface area contributed by atoms with Crippen LogP contribution in [0.1, 0.15) is 63.9 Å². The van der Waals surface area contributed by atoms with E-state index in [1.807, 2.05) is 12.1 Å². The number of anilines is 1. The molecule has 208 valence electrons. The van der Waals surface area contributed by atoms with Crippen molar-refractivity contribution in [1.29, 1.82) is 0 Å². The van der Waals surface area contributed by atoms with Gasteiger partial charge in [-0.25, -0.2) is 8.42 Å². The van der Waals surface area contributed by atoms with Gasteiger partial charge >= 0.3 is 0 Å². The van der Waals surface area contributed by atoms with Crippen LogP contribution >= 0.6 is 12.4 Å². The summed E-state index contributed by atoms with van der Waals surface area (Å²) in [6.45, 7) is 4.63. The third kappa shape index (κ3) is 6.77. The lowest BCUT2D eigenvalue weighted by molar-refractivity contribution is -0.165. The van der Waals surface area contributed by atoms with E-state index in [9.17, 15) is 23.1 Å². The number of nitrogens with zero attached hydrogens (tertiary/aromatic N) is 2. The van der Waals surface area contributed by atoms with Crippen LogP contribution in [0, 0.1) is 5.92 Å². The Bertz CT molecular complexity index is 1040. The van der Waals surface area contributed by atoms with Gasteiger partial charge in [-0.2, -0.15) is 0 Å². The first kappa shape index (κ1) is 29.7. The molecule has 2 saturated heterocycles. The largest absolute Gasteiger partial charge is 0.390 e. The van der Waals surface area contributed by atoms with Crippen molar-refractivity contribution in [2.45, 2.75) is 82.5 Å². The quantitative estimate of drug-likeness (QED) is 0.430. The van der Waals surface area contributed by atoms with E-state index >= 15 is 0 Å². The molecule has 2 aliphatic heterocycles. The van der Waals surface area contributed by atoms with Crippen LogP contribution < -0.4 is 10.0 Å². The number of aliphatic hydroxyl groups is 1. The number of nitrogens with one attached hydrogen (secondary N) is 2. The Kier molecular flexibility index (Phi) is 9.88. The number of hydrogen-bond donors (Lipinski definition) is 3. The van der Waals surface area contributed by atoms with Crippen LogP contribution in [-0.2, 0) is 26.2 Å². The zero-order chi connectivity index (χ0) is 25.9. The van der Waals surface area contributed by atoms with Crippen molar-refractivity contribution in [1.82, 2.24) is 15.1 Å². The molecule has 3 fully saturated rings. The predicted octanol–water partition coefficient (Wildman–Crippen LogP) is 2.49. The van der Waals surface area contributed by atoms with Crippen molar-refractivity contribution >= 4 is 39.9 Å². The minimum absolute atomic E-state index is 0. The Hall–Kier alpha value is -1.88. The van der Waals surface area contributed by atoms with Gasteiger partial charge in [0.2, 0.25) is 21.8 Å². The number of carbonyl (C=O) groups is 2. The van der Waals surface area contributed by atoms with Crippen molar-refractivity contribution in [3.63, 3.8) is 0 Å². The number of benzene rings is 1. The maximum Gasteiger partial charge on any atom is 0.248 e. The summed E-state index contributed by atoms with van der Waals surface area (Å²) in [7, 11) is -3.32. The lowest BCUT2D eigenvalue weighted by atomic mass is 9.80. The Balaban J connectivity index is 0.00000380. The number of sulfonamides is 1. The predicted molar refractivity (Wildman–Crippen MR) is 146 cm³/mol. The summed E-state index contributed by atoms with van der Waals surface area (Å²) in [6.07, 6.45) is 7.08. The summed E-state index contributed by atoms with van der Waals surface area (Å²) in [6, 6.07) is 6.45. The second kappa shape index (κ2) is 12.3. The first-order valence-electron chi connectivity index (χ1n) is 13.2. The molecule has 9 nitrogen and oxygen atoms in total. The number of piperidine rings is 1. The third-order valence-electron chi connectivity index (χ3n) is 8.06. The van der Waals surface area contributed by atoms with Gasteiger partial charge in [-0.3, -0.25) is 19.2 Å². The molecule has 1 aromatic rings. The van der Waals surface area contributed by atoms with E-state index in [2.05, 4.69) is 21.9 Å². The van der Waals surface area contributed by atoms with Crippen LogP contribution in [0.25, 0.3) is 0 Å². The Morgan fingerprint density at radius 1 is 1.14 bits per heavy atom. The number of aliphatic hydroxyl groups excluding tert-OH is 1. The summed E-state index contributed by atoms with van der Waals surface area (Å²) >= 11 is 0. The standard InChI is InChI=1S/C26H40N4O5S.ClH/c1-3-4-15-30-24(32)22(23(31)20-7-5-6-8-20)27-25(33)26(30)13-16-29(17-14-26)18-19-9-11-21(12-10-19)28-36(2,34)35;/h9-12,20,22-23,28,31H,3-8,13-18H2,1-2H3,(H,27,33);1H/t22-,23-;/m1./s1. The molecule has 1 saturated carbocycles. The number of carbonyl (C=O) groups excluding carboxylic acids is 2. The molecule has 3 N–H and O–H groups in total. The number of rotatable bonds is 9. The molecule has 4 rings (SSSR count). The maximum absolute atomic E-state index is 13.6. The van der Waals surface area contributed by atoms with Gasteiger partial charge in [0.25, 0.3) is 0 Å². The van der Waals surface area contributed by atoms with Crippen LogP contribution in [0.4, 0.5) is 5.69 Å². The molecule has 2 amide bonds. The molecule has 11 heteroatoms. The molecule has 2 heterocycles. The fourth-order valence-electron chi connectivity index (χ4n) is 6.01. The molecule has 37 heavy (non-hydrogen) atoms. The second-order valence-electron chi connectivity index (χ2n) is 10.7. The second-order valence-corrected chi connectivity index (χ2v) is 12.5. The van der Waals surface area contributed by atoms with Gasteiger partial charge in [-0.15, -0.1) is 12.4 Å². The zero-order valence-electron chi connectivity index (χ0n) is 21.8. The Morgan fingerprint density at radius 3 is 2.32 bits per heavy atom. The molecule has 0 unspecified atom stereocenters. The van der Waals surface area contributed by atoms with Crippen LogP contribution in [0.3, 0.4) is 0 Å². The Labute approximate surface area is 226 Å². The average molecular weight is 557 g/mol. The van der Waals surface area contributed by atoms with Crippen molar-refractivity contribution in [2.24, 2.45) is 5.92 Å². The first-order valence-corrected chi connectivity index (χ1v) is 15.1. The van der Waals surface area contributed by atoms with E-state index in [-0.39, 0.29) is 30.1 Å². The van der Waals surface area contributed by atoms with Crippen LogP contribution in [0.5, 0.6) is 0 Å². The van der Waals surface area contributed by atoms with E-state index in [1.54, 1.807) is 17.0 Å². The number of hydrogen-bond acceptors (Lipinski definition) is 6. The summed E-state index contributed by atoms with van der Waals surface area (Å²) in [5.41, 5.74) is 0.715. The van der Waals surface area contributed by atoms with E-state index in [1.165, 1.54) is 0 Å². The molecule has 0 radical (unpaired) electrons. The first-order chi connectivity index (χ1) is 17.1. The van der Waals surface area contributed by atoms with Gasteiger partial charge in [-0.05, 0) is 55.7 Å². The summed E-state index contributed by atoms with van der Waals surface area (Å²) in [5, 5.41) is 13.9. The lowest BCUT2D eigenvalue weighted by Gasteiger charge is -2.52. The highest BCUT2D eigenvalue weighted by Gasteiger charge is 2.55. The van der Waals surface area contributed by atoms with Gasteiger partial charge in [0.1, 0.15) is 11.6 Å². The number of amides is 2. The number of likely N-dealkylation sites (tertiary alicyclic amines) is 1. The number of unbranched alkanes of at least 4 members (excludes halogenated alkanes) is 1. The zero-order valence-corrected chi connectivity index (χ0v) is 23.5. The fraction of sp³-hybridized carbons (Fsp3) is 0.692. The molecule has 3 aliphatic rings. The number of piperazine rings is 1. The molecule has 1 aliphatic carbocycles. The van der Waals surface area contributed by atoms with Crippen LogP contribution in [0.2, 0.25) is 0 Å². The molecule has 0 bridgehead atoms. The van der Waals surface area contributed by atoms with Gasteiger partial charge in [0.05, 0.1) is 12.4 Å². The summed E-state index contributed by atoms with van der Waals surface area (Å²) < 4.78 is 25.3. The maximum atomic E-state index is 13.6.